The highest BCUT2D eigenvalue weighted by Crippen LogP contribution is 2.46. The number of nitrogens with one attached hydrogen (secondary N) is 1. The molecule has 0 aliphatic carbocycles. The zero-order valence-electron chi connectivity index (χ0n) is 20.2. The van der Waals surface area contributed by atoms with Crippen molar-refractivity contribution in [3.63, 3.8) is 0 Å². The van der Waals surface area contributed by atoms with E-state index < -0.39 is 34.5 Å². The molecule has 0 amide bonds. The maximum atomic E-state index is 13.9. The number of hydrogen-bond acceptors (Lipinski definition) is 7. The van der Waals surface area contributed by atoms with Crippen LogP contribution in [0.15, 0.2) is 52.9 Å². The quantitative estimate of drug-likeness (QED) is 0.372. The zero-order chi connectivity index (χ0) is 27.0. The Morgan fingerprint density at radius 1 is 1.32 bits per heavy atom. The second-order valence-corrected chi connectivity index (χ2v) is 12.2. The van der Waals surface area contributed by atoms with Gasteiger partial charge < -0.3 is 4.90 Å². The van der Waals surface area contributed by atoms with Crippen LogP contribution in [0.1, 0.15) is 54.9 Å². The second-order valence-electron chi connectivity index (χ2n) is 9.01. The fourth-order valence-electron chi connectivity index (χ4n) is 4.71. The highest BCUT2D eigenvalue weighted by Gasteiger charge is 2.41. The van der Waals surface area contributed by atoms with Gasteiger partial charge in [0, 0.05) is 58.6 Å². The van der Waals surface area contributed by atoms with E-state index >= 15 is 0 Å². The lowest BCUT2D eigenvalue weighted by atomic mass is 9.91. The molecule has 8 nitrogen and oxygen atoms in total. The molecule has 2 aliphatic heterocycles. The molecule has 1 saturated heterocycles. The summed E-state index contributed by atoms with van der Waals surface area (Å²) in [6.07, 6.45) is 5.72. The Morgan fingerprint density at radius 2 is 2.13 bits per heavy atom. The third kappa shape index (κ3) is 5.37. The molecule has 1 aromatic carbocycles. The molecule has 1 N–H and O–H groups in total. The van der Waals surface area contributed by atoms with Crippen LogP contribution in [-0.2, 0) is 10.0 Å². The molecule has 0 unspecified atom stereocenters. The Morgan fingerprint density at radius 3 is 2.79 bits per heavy atom. The predicted octanol–water partition coefficient (Wildman–Crippen LogP) is 5.23. The molecule has 3 aromatic rings. The van der Waals surface area contributed by atoms with Gasteiger partial charge in [-0.1, -0.05) is 31.0 Å². The first-order valence-corrected chi connectivity index (χ1v) is 14.8. The average molecular weight is 585 g/mol. The van der Waals surface area contributed by atoms with Gasteiger partial charge in [-0.15, -0.1) is 11.3 Å². The van der Waals surface area contributed by atoms with Gasteiger partial charge in [-0.2, -0.15) is 13.9 Å². The van der Waals surface area contributed by atoms with E-state index in [1.165, 1.54) is 41.9 Å². The Bertz CT molecular complexity index is 1490. The Hall–Kier alpha value is -2.74. The maximum Gasteiger partial charge on any atom is 0.333 e. The molecule has 2 atom stereocenters. The van der Waals surface area contributed by atoms with Crippen LogP contribution >= 0.6 is 22.9 Å². The molecular formula is C24H24ClF3N6O2S2. The van der Waals surface area contributed by atoms with Crippen LogP contribution in [-0.4, -0.2) is 52.3 Å². The van der Waals surface area contributed by atoms with Crippen LogP contribution in [0.25, 0.3) is 5.57 Å². The predicted molar refractivity (Wildman–Crippen MR) is 140 cm³/mol. The van der Waals surface area contributed by atoms with Crippen LogP contribution < -0.4 is 4.72 Å². The van der Waals surface area contributed by atoms with Gasteiger partial charge in [0.2, 0.25) is 10.0 Å². The summed E-state index contributed by atoms with van der Waals surface area (Å²) in [5.41, 5.74) is 2.08. The normalized spacial score (nSPS) is 19.8. The van der Waals surface area contributed by atoms with Gasteiger partial charge in [-0.05, 0) is 24.1 Å². The van der Waals surface area contributed by atoms with Crippen molar-refractivity contribution < 1.29 is 21.6 Å². The average Bonchev–Trinajstić information content (AvgIpc) is 3.62. The Kier molecular flexibility index (Phi) is 7.63. The van der Waals surface area contributed by atoms with Crippen molar-refractivity contribution in [3.8, 4) is 0 Å². The SMILES string of the molecule is CCCCS(=O)(=O)N[C@H]1CC2=C(c3cnn(C(F)F)c3)[C@H](c3ccc(F)cc3Cl)N=C(c3nccs3)N2C1. The Balaban J connectivity index is 1.66. The van der Waals surface area contributed by atoms with Crippen LogP contribution in [0.3, 0.4) is 0 Å². The number of aromatic nitrogens is 3. The van der Waals surface area contributed by atoms with Crippen LogP contribution in [0.4, 0.5) is 13.2 Å². The highest BCUT2D eigenvalue weighted by atomic mass is 35.5. The third-order valence-electron chi connectivity index (χ3n) is 6.37. The maximum absolute atomic E-state index is 13.9. The topological polar surface area (TPSA) is 92.5 Å². The number of fused-ring (bicyclic) bond motifs is 1. The van der Waals surface area contributed by atoms with E-state index in [-0.39, 0.29) is 23.7 Å². The Labute approximate surface area is 226 Å². The van der Waals surface area contributed by atoms with Gasteiger partial charge >= 0.3 is 6.55 Å². The lowest BCUT2D eigenvalue weighted by molar-refractivity contribution is 0.0566. The second kappa shape index (κ2) is 10.8. The number of alkyl halides is 2. The van der Waals surface area contributed by atoms with E-state index in [9.17, 15) is 21.6 Å². The minimum Gasteiger partial charge on any atom is -0.326 e. The summed E-state index contributed by atoms with van der Waals surface area (Å²) in [6.45, 7) is -0.660. The summed E-state index contributed by atoms with van der Waals surface area (Å²) >= 11 is 7.82. The van der Waals surface area contributed by atoms with Crippen LogP contribution in [0.2, 0.25) is 5.02 Å². The molecule has 14 heteroatoms. The molecule has 202 valence electrons. The van der Waals surface area contributed by atoms with Crippen LogP contribution in [0.5, 0.6) is 0 Å². The van der Waals surface area contributed by atoms with Crippen molar-refractivity contribution in [2.45, 2.75) is 44.8 Å². The molecule has 0 radical (unpaired) electrons. The third-order valence-corrected chi connectivity index (χ3v) is 8.98. The van der Waals surface area contributed by atoms with Gasteiger partial charge in [0.25, 0.3) is 0 Å². The lowest BCUT2D eigenvalue weighted by Crippen LogP contribution is -2.40. The number of nitrogens with zero attached hydrogens (tertiary/aromatic N) is 5. The number of aliphatic imine (C=N–C) groups is 1. The molecule has 2 aliphatic rings. The number of unbranched alkanes of at least 4 members (excludes halogenated alkanes) is 1. The van der Waals surface area contributed by atoms with Crippen molar-refractivity contribution in [2.24, 2.45) is 4.99 Å². The van der Waals surface area contributed by atoms with E-state index in [0.717, 1.165) is 6.42 Å². The smallest absolute Gasteiger partial charge is 0.326 e. The van der Waals surface area contributed by atoms with Gasteiger partial charge in [0.1, 0.15) is 11.9 Å². The van der Waals surface area contributed by atoms with Crippen molar-refractivity contribution in [2.75, 3.05) is 12.3 Å². The first-order chi connectivity index (χ1) is 18.2. The molecule has 38 heavy (non-hydrogen) atoms. The fraction of sp³-hybridized carbons (Fsp3) is 0.375. The highest BCUT2D eigenvalue weighted by molar-refractivity contribution is 7.89. The molecule has 2 aromatic heterocycles. The largest absolute Gasteiger partial charge is 0.333 e. The summed E-state index contributed by atoms with van der Waals surface area (Å²) in [7, 11) is -3.54. The lowest BCUT2D eigenvalue weighted by Gasteiger charge is -2.32. The van der Waals surface area contributed by atoms with Crippen molar-refractivity contribution in [1.82, 2.24) is 24.4 Å². The minimum atomic E-state index is -3.54. The summed E-state index contributed by atoms with van der Waals surface area (Å²) in [5, 5.41) is 6.32. The number of sulfonamides is 1. The van der Waals surface area contributed by atoms with Gasteiger partial charge in [-0.25, -0.2) is 27.2 Å². The summed E-state index contributed by atoms with van der Waals surface area (Å²) in [6, 6.07) is 2.67. The zero-order valence-corrected chi connectivity index (χ0v) is 22.6. The van der Waals surface area contributed by atoms with E-state index in [1.807, 2.05) is 11.8 Å². The van der Waals surface area contributed by atoms with E-state index in [2.05, 4.69) is 14.8 Å². The summed E-state index contributed by atoms with van der Waals surface area (Å²) in [4.78, 5) is 11.2. The minimum absolute atomic E-state index is 0.00824. The number of hydrogen-bond donors (Lipinski definition) is 1. The molecule has 0 saturated carbocycles. The molecule has 1 fully saturated rings. The van der Waals surface area contributed by atoms with E-state index in [4.69, 9.17) is 16.6 Å². The molecule has 4 heterocycles. The molecular weight excluding hydrogens is 561 g/mol. The van der Waals surface area contributed by atoms with Gasteiger partial charge in [0.15, 0.2) is 10.8 Å². The number of amidine groups is 1. The fourth-order valence-corrected chi connectivity index (χ4v) is 7.07. The molecule has 5 rings (SSSR count). The first-order valence-electron chi connectivity index (χ1n) is 11.9. The number of benzene rings is 1. The summed E-state index contributed by atoms with van der Waals surface area (Å²) in [5.74, 6) is -0.0167. The van der Waals surface area contributed by atoms with Crippen molar-refractivity contribution in [1.29, 1.82) is 0 Å². The van der Waals surface area contributed by atoms with Crippen molar-refractivity contribution >= 4 is 44.4 Å². The van der Waals surface area contributed by atoms with Crippen LogP contribution in [0, 0.1) is 5.82 Å². The molecule has 0 bridgehead atoms. The first kappa shape index (κ1) is 26.9. The summed E-state index contributed by atoms with van der Waals surface area (Å²) < 4.78 is 69.6. The van der Waals surface area contributed by atoms with Gasteiger partial charge in [-0.3, -0.25) is 4.99 Å². The molecule has 0 spiro atoms. The van der Waals surface area contributed by atoms with Gasteiger partial charge in [0.05, 0.1) is 11.9 Å². The van der Waals surface area contributed by atoms with Crippen molar-refractivity contribution in [3.05, 3.63) is 74.8 Å². The number of rotatable bonds is 9. The monoisotopic (exact) mass is 584 g/mol. The van der Waals surface area contributed by atoms with E-state index in [0.29, 0.717) is 44.3 Å². The number of halogens is 4. The number of thiazole rings is 1. The standard InChI is InChI=1S/C24H24ClF3N6O2S2/c1-2-3-8-38(35,36)32-16-10-19-20(14-11-30-34(12-14)24(27)28)21(17-5-4-15(26)9-18(17)25)31-22(33(19)13-16)23-29-6-7-37-23/h4-7,9,11-12,16,21,24,32H,2-3,8,10,13H2,1H3/t16-,21-/m0/s1. The van der Waals surface area contributed by atoms with E-state index in [1.54, 1.807) is 11.6 Å².